The first-order valence-corrected chi connectivity index (χ1v) is 12.2. The van der Waals surface area contributed by atoms with Crippen LogP contribution in [0.3, 0.4) is 0 Å². The van der Waals surface area contributed by atoms with E-state index < -0.39 is 10.0 Å². The molecule has 1 saturated heterocycles. The van der Waals surface area contributed by atoms with E-state index in [1.165, 1.54) is 0 Å². The minimum atomic E-state index is -3.92. The van der Waals surface area contributed by atoms with Crippen LogP contribution in [0.2, 0.25) is 5.02 Å². The average molecular weight is 448 g/mol. The number of piperidine rings is 1. The van der Waals surface area contributed by atoms with Gasteiger partial charge in [0, 0.05) is 24.7 Å². The summed E-state index contributed by atoms with van der Waals surface area (Å²) in [6.45, 7) is 3.65. The molecule has 160 valence electrons. The Morgan fingerprint density at radius 1 is 1.10 bits per heavy atom. The van der Waals surface area contributed by atoms with Crippen LogP contribution in [0.25, 0.3) is 0 Å². The fraction of sp³-hybridized carbons (Fsp3) is 0.409. The zero-order chi connectivity index (χ0) is 21.3. The fourth-order valence-corrected chi connectivity index (χ4v) is 5.44. The molecular weight excluding hydrogens is 422 g/mol. The SMILES string of the molecule is C[C@H]1C[C@H]1C(=O)Nc1ccc(N2CCCCC2)c(S(=O)(=O)Nc2ccccc2Cl)c1. The second-order valence-electron chi connectivity index (χ2n) is 8.12. The van der Waals surface area contributed by atoms with E-state index in [0.29, 0.717) is 28.0 Å². The fourth-order valence-electron chi connectivity index (χ4n) is 3.87. The van der Waals surface area contributed by atoms with Crippen LogP contribution >= 0.6 is 11.6 Å². The van der Waals surface area contributed by atoms with Crippen molar-refractivity contribution in [2.24, 2.45) is 11.8 Å². The van der Waals surface area contributed by atoms with Gasteiger partial charge in [0.1, 0.15) is 4.90 Å². The molecule has 2 aromatic rings. The molecule has 2 atom stereocenters. The second kappa shape index (κ2) is 8.47. The Balaban J connectivity index is 1.68. The van der Waals surface area contributed by atoms with E-state index in [1.54, 1.807) is 42.5 Å². The van der Waals surface area contributed by atoms with Gasteiger partial charge in [0.15, 0.2) is 0 Å². The Hall–Kier alpha value is -2.25. The molecular formula is C22H26ClN3O3S. The van der Waals surface area contributed by atoms with Gasteiger partial charge >= 0.3 is 0 Å². The highest BCUT2D eigenvalue weighted by atomic mass is 35.5. The number of amides is 1. The van der Waals surface area contributed by atoms with Crippen molar-refractivity contribution in [1.29, 1.82) is 0 Å². The minimum absolute atomic E-state index is 0.00748. The molecule has 30 heavy (non-hydrogen) atoms. The first-order chi connectivity index (χ1) is 14.3. The van der Waals surface area contributed by atoms with E-state index in [1.807, 2.05) is 6.92 Å². The van der Waals surface area contributed by atoms with Crippen molar-refractivity contribution in [3.05, 3.63) is 47.5 Å². The highest BCUT2D eigenvalue weighted by Gasteiger charge is 2.39. The molecule has 2 N–H and O–H groups in total. The molecule has 0 spiro atoms. The summed E-state index contributed by atoms with van der Waals surface area (Å²) in [5.41, 5.74) is 1.46. The molecule has 1 saturated carbocycles. The van der Waals surface area contributed by atoms with Crippen LogP contribution in [-0.2, 0) is 14.8 Å². The summed E-state index contributed by atoms with van der Waals surface area (Å²) < 4.78 is 29.3. The van der Waals surface area contributed by atoms with Crippen molar-refractivity contribution in [2.45, 2.75) is 37.5 Å². The van der Waals surface area contributed by atoms with Gasteiger partial charge < -0.3 is 10.2 Å². The van der Waals surface area contributed by atoms with Crippen molar-refractivity contribution in [2.75, 3.05) is 28.0 Å². The summed E-state index contributed by atoms with van der Waals surface area (Å²) in [7, 11) is -3.92. The van der Waals surface area contributed by atoms with Gasteiger partial charge in [-0.05, 0) is 61.9 Å². The first-order valence-electron chi connectivity index (χ1n) is 10.3. The third kappa shape index (κ3) is 4.57. The van der Waals surface area contributed by atoms with Crippen LogP contribution in [0.5, 0.6) is 0 Å². The number of hydrogen-bond donors (Lipinski definition) is 2. The summed E-state index contributed by atoms with van der Waals surface area (Å²) >= 11 is 6.17. The minimum Gasteiger partial charge on any atom is -0.370 e. The number of carbonyl (C=O) groups is 1. The van der Waals surface area contributed by atoms with Gasteiger partial charge in [-0.2, -0.15) is 0 Å². The number of para-hydroxylation sites is 1. The molecule has 1 aliphatic carbocycles. The van der Waals surface area contributed by atoms with Gasteiger partial charge in [-0.3, -0.25) is 9.52 Å². The normalized spacial score (nSPS) is 21.2. The number of nitrogens with one attached hydrogen (secondary N) is 2. The molecule has 0 aromatic heterocycles. The highest BCUT2D eigenvalue weighted by Crippen LogP contribution is 2.39. The molecule has 0 radical (unpaired) electrons. The Labute approximate surface area is 182 Å². The molecule has 1 aliphatic heterocycles. The average Bonchev–Trinajstić information content (AvgIpc) is 3.47. The standard InChI is InChI=1S/C22H26ClN3O3S/c1-15-13-17(15)22(27)24-16-9-10-20(26-11-5-2-6-12-26)21(14-16)30(28,29)25-19-8-4-3-7-18(19)23/h3-4,7-10,14-15,17,25H,2,5-6,11-13H2,1H3,(H,24,27)/t15-,17+/m0/s1. The Morgan fingerprint density at radius 2 is 1.80 bits per heavy atom. The molecule has 1 heterocycles. The van der Waals surface area contributed by atoms with Crippen molar-refractivity contribution in [1.82, 2.24) is 0 Å². The van der Waals surface area contributed by atoms with Gasteiger partial charge in [0.25, 0.3) is 10.0 Å². The van der Waals surface area contributed by atoms with Crippen LogP contribution in [0.4, 0.5) is 17.1 Å². The molecule has 4 rings (SSSR count). The van der Waals surface area contributed by atoms with E-state index in [2.05, 4.69) is 14.9 Å². The van der Waals surface area contributed by atoms with Gasteiger partial charge in [0.2, 0.25) is 5.91 Å². The van der Waals surface area contributed by atoms with Crippen LogP contribution in [0.15, 0.2) is 47.4 Å². The molecule has 2 fully saturated rings. The number of hydrogen-bond acceptors (Lipinski definition) is 4. The number of carbonyl (C=O) groups excluding carboxylic acids is 1. The largest absolute Gasteiger partial charge is 0.370 e. The second-order valence-corrected chi connectivity index (χ2v) is 10.2. The van der Waals surface area contributed by atoms with Crippen LogP contribution in [0, 0.1) is 11.8 Å². The van der Waals surface area contributed by atoms with Crippen molar-refractivity contribution in [3.63, 3.8) is 0 Å². The Kier molecular flexibility index (Phi) is 5.93. The highest BCUT2D eigenvalue weighted by molar-refractivity contribution is 7.93. The van der Waals surface area contributed by atoms with Crippen LogP contribution in [0.1, 0.15) is 32.6 Å². The lowest BCUT2D eigenvalue weighted by atomic mass is 10.1. The molecule has 2 aromatic carbocycles. The van der Waals surface area contributed by atoms with Crippen molar-refractivity contribution >= 4 is 44.6 Å². The number of nitrogens with zero attached hydrogens (tertiary/aromatic N) is 1. The van der Waals surface area contributed by atoms with E-state index in [4.69, 9.17) is 11.6 Å². The van der Waals surface area contributed by atoms with E-state index in [0.717, 1.165) is 38.8 Å². The lowest BCUT2D eigenvalue weighted by Gasteiger charge is -2.30. The molecule has 2 aliphatic rings. The lowest BCUT2D eigenvalue weighted by molar-refractivity contribution is -0.117. The summed E-state index contributed by atoms with van der Waals surface area (Å²) in [6, 6.07) is 11.9. The van der Waals surface area contributed by atoms with Gasteiger partial charge in [-0.1, -0.05) is 30.7 Å². The van der Waals surface area contributed by atoms with E-state index in [9.17, 15) is 13.2 Å². The van der Waals surface area contributed by atoms with Gasteiger partial charge in [0.05, 0.1) is 16.4 Å². The number of anilines is 3. The monoisotopic (exact) mass is 447 g/mol. The maximum Gasteiger partial charge on any atom is 0.264 e. The predicted molar refractivity (Wildman–Crippen MR) is 121 cm³/mol. The third-order valence-electron chi connectivity index (χ3n) is 5.78. The molecule has 8 heteroatoms. The maximum absolute atomic E-state index is 13.3. The zero-order valence-corrected chi connectivity index (χ0v) is 18.5. The topological polar surface area (TPSA) is 78.5 Å². The first kappa shape index (κ1) is 21.0. The molecule has 0 bridgehead atoms. The maximum atomic E-state index is 13.3. The summed E-state index contributed by atoms with van der Waals surface area (Å²) in [6.07, 6.45) is 4.06. The Bertz CT molecular complexity index is 1050. The van der Waals surface area contributed by atoms with E-state index in [-0.39, 0.29) is 16.7 Å². The zero-order valence-electron chi connectivity index (χ0n) is 16.9. The number of benzene rings is 2. The van der Waals surface area contributed by atoms with Gasteiger partial charge in [-0.15, -0.1) is 0 Å². The predicted octanol–water partition coefficient (Wildman–Crippen LogP) is 4.73. The Morgan fingerprint density at radius 3 is 2.47 bits per heavy atom. The smallest absolute Gasteiger partial charge is 0.264 e. The van der Waals surface area contributed by atoms with E-state index >= 15 is 0 Å². The van der Waals surface area contributed by atoms with Crippen LogP contribution in [-0.4, -0.2) is 27.4 Å². The summed E-state index contributed by atoms with van der Waals surface area (Å²) in [5.74, 6) is 0.325. The lowest BCUT2D eigenvalue weighted by Crippen LogP contribution is -2.31. The molecule has 1 amide bonds. The third-order valence-corrected chi connectivity index (χ3v) is 7.50. The summed E-state index contributed by atoms with van der Waals surface area (Å²) in [4.78, 5) is 14.6. The van der Waals surface area contributed by atoms with Crippen molar-refractivity contribution in [3.8, 4) is 0 Å². The van der Waals surface area contributed by atoms with Crippen molar-refractivity contribution < 1.29 is 13.2 Å². The van der Waals surface area contributed by atoms with Crippen LogP contribution < -0.4 is 14.9 Å². The number of rotatable bonds is 6. The summed E-state index contributed by atoms with van der Waals surface area (Å²) in [5, 5.41) is 3.20. The molecule has 6 nitrogen and oxygen atoms in total. The quantitative estimate of drug-likeness (QED) is 0.671. The number of halogens is 1. The number of sulfonamides is 1. The van der Waals surface area contributed by atoms with Gasteiger partial charge in [-0.25, -0.2) is 8.42 Å². The molecule has 0 unspecified atom stereocenters.